The van der Waals surface area contributed by atoms with Gasteiger partial charge in [0.2, 0.25) is 0 Å². The summed E-state index contributed by atoms with van der Waals surface area (Å²) in [6.45, 7) is 0. The lowest BCUT2D eigenvalue weighted by Gasteiger charge is -2.23. The van der Waals surface area contributed by atoms with Gasteiger partial charge in [-0.25, -0.2) is 4.99 Å². The van der Waals surface area contributed by atoms with Crippen molar-refractivity contribution in [3.63, 3.8) is 0 Å². The molecule has 1 rings (SSSR count). The molecule has 0 saturated heterocycles. The smallest absolute Gasteiger partial charge is 0.120 e. The van der Waals surface area contributed by atoms with Crippen LogP contribution >= 0.6 is 8.86 Å². The zero-order valence-corrected chi connectivity index (χ0v) is 8.12. The van der Waals surface area contributed by atoms with Crippen LogP contribution in [0.3, 0.4) is 0 Å². The van der Waals surface area contributed by atoms with Crippen LogP contribution in [0.5, 0.6) is 0 Å². The Morgan fingerprint density at radius 3 is 2.58 bits per heavy atom. The SMILES string of the molecule is O=CCC1CCC(N=C=P)CC1. The van der Waals surface area contributed by atoms with Crippen LogP contribution in [0.25, 0.3) is 0 Å². The number of carbonyl (C=O) groups excluding carboxylic acids is 1. The summed E-state index contributed by atoms with van der Waals surface area (Å²) in [7, 11) is 3.10. The third kappa shape index (κ3) is 2.89. The topological polar surface area (TPSA) is 29.4 Å². The van der Waals surface area contributed by atoms with E-state index in [9.17, 15) is 4.79 Å². The van der Waals surface area contributed by atoms with Crippen LogP contribution in [-0.2, 0) is 4.79 Å². The molecule has 0 N–H and O–H groups in total. The van der Waals surface area contributed by atoms with E-state index < -0.39 is 0 Å². The molecule has 66 valence electrons. The van der Waals surface area contributed by atoms with E-state index in [4.69, 9.17) is 0 Å². The second kappa shape index (κ2) is 5.24. The van der Waals surface area contributed by atoms with Gasteiger partial charge in [-0.2, -0.15) is 0 Å². The molecule has 0 aromatic rings. The minimum atomic E-state index is 0.436. The second-order valence-corrected chi connectivity index (χ2v) is 3.54. The summed E-state index contributed by atoms with van der Waals surface area (Å²) in [5.74, 6) is 0.615. The Balaban J connectivity index is 2.28. The maximum Gasteiger partial charge on any atom is 0.120 e. The van der Waals surface area contributed by atoms with Crippen LogP contribution in [0.4, 0.5) is 0 Å². The molecule has 3 heteroatoms. The van der Waals surface area contributed by atoms with E-state index in [1.165, 1.54) is 0 Å². The lowest BCUT2D eigenvalue weighted by Crippen LogP contribution is -2.17. The van der Waals surface area contributed by atoms with Gasteiger partial charge in [-0.1, -0.05) is 0 Å². The van der Waals surface area contributed by atoms with Gasteiger partial charge in [0.25, 0.3) is 0 Å². The predicted octanol–water partition coefficient (Wildman–Crippen LogP) is 2.18. The molecule has 0 unspecified atom stereocenters. The van der Waals surface area contributed by atoms with Crippen LogP contribution in [0.15, 0.2) is 4.99 Å². The maximum atomic E-state index is 10.2. The first kappa shape index (κ1) is 9.64. The summed E-state index contributed by atoms with van der Waals surface area (Å²) in [6.07, 6.45) is 6.26. The van der Waals surface area contributed by atoms with Crippen molar-refractivity contribution in [2.45, 2.75) is 38.1 Å². The molecular weight excluding hydrogens is 169 g/mol. The average molecular weight is 183 g/mol. The van der Waals surface area contributed by atoms with Crippen LogP contribution in [-0.4, -0.2) is 17.9 Å². The number of carbonyl (C=O) groups is 1. The zero-order chi connectivity index (χ0) is 8.81. The molecule has 0 aliphatic heterocycles. The van der Waals surface area contributed by atoms with Crippen molar-refractivity contribution in [1.82, 2.24) is 0 Å². The van der Waals surface area contributed by atoms with Crippen molar-refractivity contribution in [3.05, 3.63) is 0 Å². The summed E-state index contributed by atoms with van der Waals surface area (Å²) in [5, 5.41) is 0. The van der Waals surface area contributed by atoms with E-state index in [2.05, 4.69) is 19.4 Å². The molecule has 12 heavy (non-hydrogen) atoms. The van der Waals surface area contributed by atoms with Gasteiger partial charge in [0.05, 0.1) is 6.04 Å². The number of hydrogen-bond donors (Lipinski definition) is 0. The number of aldehydes is 1. The quantitative estimate of drug-likeness (QED) is 0.374. The van der Waals surface area contributed by atoms with E-state index in [1.807, 2.05) is 0 Å². The Kier molecular flexibility index (Phi) is 4.21. The number of hydrogen-bond acceptors (Lipinski definition) is 2. The highest BCUT2D eigenvalue weighted by Crippen LogP contribution is 2.27. The molecule has 1 fully saturated rings. The summed E-state index contributed by atoms with van der Waals surface area (Å²) < 4.78 is 0. The third-order valence-electron chi connectivity index (χ3n) is 2.49. The Morgan fingerprint density at radius 2 is 2.08 bits per heavy atom. The van der Waals surface area contributed by atoms with Crippen molar-refractivity contribution in [1.29, 1.82) is 0 Å². The van der Waals surface area contributed by atoms with Crippen molar-refractivity contribution in [2.75, 3.05) is 0 Å². The van der Waals surface area contributed by atoms with Gasteiger partial charge in [0.1, 0.15) is 6.29 Å². The van der Waals surface area contributed by atoms with Crippen molar-refractivity contribution in [3.8, 4) is 0 Å². The molecule has 0 spiro atoms. The highest BCUT2D eigenvalue weighted by atomic mass is 31.0. The molecular formula is C9H14NOP. The van der Waals surface area contributed by atoms with Crippen molar-refractivity contribution >= 4 is 20.7 Å². The molecule has 2 nitrogen and oxygen atoms in total. The van der Waals surface area contributed by atoms with Gasteiger partial charge in [-0.3, -0.25) is 0 Å². The molecule has 0 radical (unpaired) electrons. The van der Waals surface area contributed by atoms with Crippen LogP contribution in [0.1, 0.15) is 32.1 Å². The molecule has 1 saturated carbocycles. The van der Waals surface area contributed by atoms with Crippen molar-refractivity contribution in [2.24, 2.45) is 10.9 Å². The summed E-state index contributed by atoms with van der Waals surface area (Å²) in [5.41, 5.74) is 2.65. The minimum absolute atomic E-state index is 0.436. The third-order valence-corrected chi connectivity index (χ3v) is 2.62. The molecule has 0 bridgehead atoms. The monoisotopic (exact) mass is 183 g/mol. The molecule has 1 aliphatic rings. The molecule has 0 aromatic heterocycles. The number of nitrogens with zero attached hydrogens (tertiary/aromatic N) is 1. The van der Waals surface area contributed by atoms with E-state index >= 15 is 0 Å². The Hall–Kier alpha value is -0.450. The van der Waals surface area contributed by atoms with Gasteiger partial charge < -0.3 is 4.79 Å². The maximum absolute atomic E-state index is 10.2. The fourth-order valence-corrected chi connectivity index (χ4v) is 1.92. The van der Waals surface area contributed by atoms with Crippen LogP contribution in [0, 0.1) is 5.92 Å². The van der Waals surface area contributed by atoms with Crippen LogP contribution in [0.2, 0.25) is 0 Å². The first-order chi connectivity index (χ1) is 5.86. The van der Waals surface area contributed by atoms with Crippen molar-refractivity contribution < 1.29 is 4.79 Å². The molecule has 0 aromatic carbocycles. The fourth-order valence-electron chi connectivity index (χ4n) is 1.74. The van der Waals surface area contributed by atoms with Gasteiger partial charge in [-0.05, 0) is 40.5 Å². The lowest BCUT2D eigenvalue weighted by molar-refractivity contribution is -0.108. The van der Waals surface area contributed by atoms with Gasteiger partial charge in [0.15, 0.2) is 0 Å². The van der Waals surface area contributed by atoms with Gasteiger partial charge in [-0.15, -0.1) is 0 Å². The lowest BCUT2D eigenvalue weighted by atomic mass is 9.85. The minimum Gasteiger partial charge on any atom is -0.303 e. The first-order valence-electron chi connectivity index (χ1n) is 4.42. The second-order valence-electron chi connectivity index (χ2n) is 3.32. The van der Waals surface area contributed by atoms with E-state index in [0.29, 0.717) is 12.0 Å². The number of aliphatic imine (C=N–C) groups is 1. The molecule has 0 atom stereocenters. The molecule has 0 heterocycles. The fraction of sp³-hybridized carbons (Fsp3) is 0.778. The average Bonchev–Trinajstić information content (AvgIpc) is 2.09. The normalized spacial score (nSPS) is 29.0. The number of rotatable bonds is 3. The van der Waals surface area contributed by atoms with Crippen LogP contribution < -0.4 is 0 Å². The Bertz CT molecular complexity index is 191. The molecule has 1 aliphatic carbocycles. The Labute approximate surface area is 75.3 Å². The van der Waals surface area contributed by atoms with Gasteiger partial charge in [0, 0.05) is 12.0 Å². The Morgan fingerprint density at radius 1 is 1.42 bits per heavy atom. The standard InChI is InChI=1S/C9H14NOP/c11-6-5-8-1-3-9(4-2-8)10-7-12/h6,8-9,12H,1-5H2. The van der Waals surface area contributed by atoms with Gasteiger partial charge >= 0.3 is 0 Å². The van der Waals surface area contributed by atoms with E-state index in [-0.39, 0.29) is 0 Å². The first-order valence-corrected chi connectivity index (χ1v) is 4.92. The van der Waals surface area contributed by atoms with E-state index in [1.54, 1.807) is 0 Å². The summed E-state index contributed by atoms with van der Waals surface area (Å²) in [6, 6.07) is 0.436. The molecule has 0 amide bonds. The summed E-state index contributed by atoms with van der Waals surface area (Å²) in [4.78, 5) is 14.4. The van der Waals surface area contributed by atoms with E-state index in [0.717, 1.165) is 38.4 Å². The highest BCUT2D eigenvalue weighted by molar-refractivity contribution is 7.16. The predicted molar refractivity (Wildman–Crippen MR) is 52.2 cm³/mol. The largest absolute Gasteiger partial charge is 0.303 e. The highest BCUT2D eigenvalue weighted by Gasteiger charge is 2.19. The summed E-state index contributed by atoms with van der Waals surface area (Å²) >= 11 is 0. The zero-order valence-electron chi connectivity index (χ0n) is 7.12.